The number of hydrazine groups is 1. The van der Waals surface area contributed by atoms with E-state index < -0.39 is 11.8 Å². The van der Waals surface area contributed by atoms with Crippen molar-refractivity contribution in [3.05, 3.63) is 72.1 Å². The molecule has 2 heterocycles. The van der Waals surface area contributed by atoms with Gasteiger partial charge in [-0.15, -0.1) is 11.3 Å². The molecule has 0 bridgehead atoms. The normalized spacial score (nSPS) is 10.7. The minimum atomic E-state index is -0.549. The van der Waals surface area contributed by atoms with E-state index in [4.69, 9.17) is 23.2 Å². The van der Waals surface area contributed by atoms with Gasteiger partial charge >= 0.3 is 0 Å². The molecule has 0 unspecified atom stereocenters. The summed E-state index contributed by atoms with van der Waals surface area (Å²) in [4.78, 5) is 25.0. The van der Waals surface area contributed by atoms with Crippen LogP contribution in [0.25, 0.3) is 0 Å². The molecule has 3 aromatic rings. The van der Waals surface area contributed by atoms with E-state index in [0.29, 0.717) is 22.1 Å². The van der Waals surface area contributed by atoms with E-state index in [-0.39, 0.29) is 10.7 Å². The van der Waals surface area contributed by atoms with Crippen LogP contribution in [-0.4, -0.2) is 21.6 Å². The minimum Gasteiger partial charge on any atom is -0.267 e. The average molecular weight is 488 g/mol. The van der Waals surface area contributed by atoms with Crippen molar-refractivity contribution in [3.8, 4) is 0 Å². The third kappa shape index (κ3) is 4.52. The second-order valence-electron chi connectivity index (χ2n) is 5.51. The fraction of sp³-hybridized carbons (Fsp3) is 0.118. The van der Waals surface area contributed by atoms with Gasteiger partial charge in [0.05, 0.1) is 20.9 Å². The van der Waals surface area contributed by atoms with E-state index in [1.54, 1.807) is 25.1 Å². The quantitative estimate of drug-likeness (QED) is 0.534. The van der Waals surface area contributed by atoms with Crippen molar-refractivity contribution in [1.82, 2.24) is 20.6 Å². The molecule has 10 heteroatoms. The first-order chi connectivity index (χ1) is 12.9. The molecule has 0 spiro atoms. The van der Waals surface area contributed by atoms with Gasteiger partial charge < -0.3 is 0 Å². The number of carbonyl (C=O) groups is 2. The highest BCUT2D eigenvalue weighted by molar-refractivity contribution is 9.11. The SMILES string of the molecule is Cc1nn(Cc2ccccc2Cl)c(Cl)c1C(=O)NNC(=O)c1ccc(Br)s1. The minimum absolute atomic E-state index is 0.165. The first-order valence-corrected chi connectivity index (χ1v) is 10.1. The van der Waals surface area contributed by atoms with Crippen molar-refractivity contribution in [2.45, 2.75) is 13.5 Å². The number of halogens is 3. The number of hydrogen-bond acceptors (Lipinski definition) is 4. The smallest absolute Gasteiger partial charge is 0.267 e. The summed E-state index contributed by atoms with van der Waals surface area (Å²) < 4.78 is 2.31. The lowest BCUT2D eigenvalue weighted by atomic mass is 10.2. The molecule has 0 fully saturated rings. The van der Waals surface area contributed by atoms with Crippen molar-refractivity contribution in [1.29, 1.82) is 0 Å². The van der Waals surface area contributed by atoms with Gasteiger partial charge in [-0.1, -0.05) is 41.4 Å². The predicted octanol–water partition coefficient (Wildman–Crippen LogP) is 4.45. The second kappa shape index (κ2) is 8.43. The summed E-state index contributed by atoms with van der Waals surface area (Å²) in [7, 11) is 0. The fourth-order valence-electron chi connectivity index (χ4n) is 2.38. The summed E-state index contributed by atoms with van der Waals surface area (Å²) >= 11 is 17.0. The van der Waals surface area contributed by atoms with Crippen molar-refractivity contribution in [2.75, 3.05) is 0 Å². The van der Waals surface area contributed by atoms with Crippen molar-refractivity contribution in [2.24, 2.45) is 0 Å². The number of aryl methyl sites for hydroxylation is 1. The summed E-state index contributed by atoms with van der Waals surface area (Å²) in [5, 5.41) is 5.05. The molecular formula is C17H13BrCl2N4O2S. The Labute approximate surface area is 177 Å². The van der Waals surface area contributed by atoms with E-state index >= 15 is 0 Å². The van der Waals surface area contributed by atoms with Crippen LogP contribution in [0.5, 0.6) is 0 Å². The largest absolute Gasteiger partial charge is 0.279 e. The molecule has 0 aliphatic rings. The number of rotatable bonds is 4. The highest BCUT2D eigenvalue weighted by Crippen LogP contribution is 2.24. The van der Waals surface area contributed by atoms with Crippen LogP contribution in [0.1, 0.15) is 31.3 Å². The molecule has 3 rings (SSSR count). The number of aromatic nitrogens is 2. The zero-order valence-electron chi connectivity index (χ0n) is 13.9. The maximum Gasteiger partial charge on any atom is 0.279 e. The Morgan fingerprint density at radius 1 is 1.15 bits per heavy atom. The lowest BCUT2D eigenvalue weighted by Crippen LogP contribution is -2.41. The number of thiophene rings is 1. The van der Waals surface area contributed by atoms with Crippen molar-refractivity contribution in [3.63, 3.8) is 0 Å². The number of nitrogens with one attached hydrogen (secondary N) is 2. The Morgan fingerprint density at radius 3 is 2.52 bits per heavy atom. The molecule has 27 heavy (non-hydrogen) atoms. The molecule has 140 valence electrons. The fourth-order valence-corrected chi connectivity index (χ4v) is 4.17. The van der Waals surface area contributed by atoms with Gasteiger partial charge in [0.1, 0.15) is 10.7 Å². The van der Waals surface area contributed by atoms with E-state index in [9.17, 15) is 9.59 Å². The van der Waals surface area contributed by atoms with Gasteiger partial charge in [0.15, 0.2) is 0 Å². The molecule has 2 aromatic heterocycles. The van der Waals surface area contributed by atoms with Crippen LogP contribution in [0.4, 0.5) is 0 Å². The van der Waals surface area contributed by atoms with Gasteiger partial charge in [0.25, 0.3) is 11.8 Å². The molecule has 2 amide bonds. The van der Waals surface area contributed by atoms with Crippen LogP contribution in [0, 0.1) is 6.92 Å². The molecule has 6 nitrogen and oxygen atoms in total. The third-order valence-electron chi connectivity index (χ3n) is 3.66. The summed E-state index contributed by atoms with van der Waals surface area (Å²) in [6.45, 7) is 1.99. The number of nitrogens with zero attached hydrogens (tertiary/aromatic N) is 2. The first-order valence-electron chi connectivity index (χ1n) is 7.69. The van der Waals surface area contributed by atoms with Crippen molar-refractivity contribution < 1.29 is 9.59 Å². The molecule has 1 aromatic carbocycles. The lowest BCUT2D eigenvalue weighted by Gasteiger charge is -2.07. The number of hydrogen-bond donors (Lipinski definition) is 2. The number of amides is 2. The van der Waals surface area contributed by atoms with Crippen LogP contribution in [-0.2, 0) is 6.54 Å². The van der Waals surface area contributed by atoms with Crippen LogP contribution in [0.15, 0.2) is 40.2 Å². The molecule has 0 saturated carbocycles. The number of benzene rings is 1. The van der Waals surface area contributed by atoms with Crippen LogP contribution in [0.3, 0.4) is 0 Å². The van der Waals surface area contributed by atoms with Gasteiger partial charge in [-0.3, -0.25) is 20.4 Å². The topological polar surface area (TPSA) is 76.0 Å². The van der Waals surface area contributed by atoms with E-state index in [2.05, 4.69) is 31.9 Å². The highest BCUT2D eigenvalue weighted by Gasteiger charge is 2.21. The maximum absolute atomic E-state index is 12.5. The first kappa shape index (κ1) is 19.9. The monoisotopic (exact) mass is 486 g/mol. The van der Waals surface area contributed by atoms with E-state index in [1.807, 2.05) is 18.2 Å². The second-order valence-corrected chi connectivity index (χ2v) is 8.74. The Hall–Kier alpha value is -1.87. The molecule has 0 atom stereocenters. The van der Waals surface area contributed by atoms with Gasteiger partial charge in [0, 0.05) is 5.02 Å². The van der Waals surface area contributed by atoms with Crippen LogP contribution in [0.2, 0.25) is 10.2 Å². The van der Waals surface area contributed by atoms with Crippen molar-refractivity contribution >= 4 is 62.3 Å². The standard InChI is InChI=1S/C17H13BrCl2N4O2S/c1-9-14(17(26)22-21-16(25)12-6-7-13(18)27-12)15(20)24(23-9)8-10-4-2-3-5-11(10)19/h2-7H,8H2,1H3,(H,21,25)(H,22,26). The van der Waals surface area contributed by atoms with Crippen LogP contribution < -0.4 is 10.9 Å². The molecule has 2 N–H and O–H groups in total. The van der Waals surface area contributed by atoms with Gasteiger partial charge in [-0.05, 0) is 46.6 Å². The Balaban J connectivity index is 1.73. The molecule has 0 aliphatic carbocycles. The van der Waals surface area contributed by atoms with Gasteiger partial charge in [-0.25, -0.2) is 4.68 Å². The lowest BCUT2D eigenvalue weighted by molar-refractivity contribution is 0.0848. The molecular weight excluding hydrogens is 475 g/mol. The Bertz CT molecular complexity index is 1020. The Kier molecular flexibility index (Phi) is 6.21. The van der Waals surface area contributed by atoms with E-state index in [0.717, 1.165) is 9.35 Å². The molecule has 0 saturated heterocycles. The predicted molar refractivity (Wildman–Crippen MR) is 109 cm³/mol. The molecule has 0 radical (unpaired) electrons. The summed E-state index contributed by atoms with van der Waals surface area (Å²) in [6, 6.07) is 10.7. The Morgan fingerprint density at radius 2 is 1.85 bits per heavy atom. The highest BCUT2D eigenvalue weighted by atomic mass is 79.9. The third-order valence-corrected chi connectivity index (χ3v) is 6.03. The summed E-state index contributed by atoms with van der Waals surface area (Å²) in [5.74, 6) is -0.969. The van der Waals surface area contributed by atoms with Crippen LogP contribution >= 0.6 is 50.5 Å². The van der Waals surface area contributed by atoms with Gasteiger partial charge in [0.2, 0.25) is 0 Å². The average Bonchev–Trinajstić information content (AvgIpc) is 3.18. The molecule has 0 aliphatic heterocycles. The zero-order valence-corrected chi connectivity index (χ0v) is 17.8. The summed E-state index contributed by atoms with van der Waals surface area (Å²) in [5.41, 5.74) is 6.19. The van der Waals surface area contributed by atoms with E-state index in [1.165, 1.54) is 16.0 Å². The number of carbonyl (C=O) groups excluding carboxylic acids is 2. The summed E-state index contributed by atoms with van der Waals surface area (Å²) in [6.07, 6.45) is 0. The van der Waals surface area contributed by atoms with Gasteiger partial charge in [-0.2, -0.15) is 5.10 Å². The maximum atomic E-state index is 12.5. The zero-order chi connectivity index (χ0) is 19.6.